The highest BCUT2D eigenvalue weighted by Crippen LogP contribution is 2.14. The maximum Gasteiger partial charge on any atom is 0.327 e. The third-order valence-electron chi connectivity index (χ3n) is 3.37. The van der Waals surface area contributed by atoms with Gasteiger partial charge in [-0.05, 0) is 38.5 Å². The number of hydrogen-bond acceptors (Lipinski definition) is 6. The van der Waals surface area contributed by atoms with Crippen molar-refractivity contribution >= 4 is 17.8 Å². The molecule has 128 valence electrons. The van der Waals surface area contributed by atoms with E-state index in [0.29, 0.717) is 6.61 Å². The molecule has 0 saturated carbocycles. The molecule has 24 heavy (non-hydrogen) atoms. The van der Waals surface area contributed by atoms with Crippen molar-refractivity contribution in [3.8, 4) is 5.95 Å². The van der Waals surface area contributed by atoms with E-state index in [9.17, 15) is 4.79 Å². The second-order valence-electron chi connectivity index (χ2n) is 4.88. The van der Waals surface area contributed by atoms with Crippen molar-refractivity contribution < 1.29 is 13.9 Å². The van der Waals surface area contributed by atoms with E-state index in [0.717, 1.165) is 24.3 Å². The van der Waals surface area contributed by atoms with Gasteiger partial charge in [0.05, 0.1) is 12.8 Å². The lowest BCUT2D eigenvalue weighted by Crippen LogP contribution is -2.21. The zero-order chi connectivity index (χ0) is 17.4. The molecule has 0 unspecified atom stereocenters. The summed E-state index contributed by atoms with van der Waals surface area (Å²) in [6.45, 7) is 8.41. The Balaban J connectivity index is 1.92. The van der Waals surface area contributed by atoms with Gasteiger partial charge in [0.1, 0.15) is 6.20 Å². The SMILES string of the molecule is CCOc1cnc(C(=O)NN=Cc2ccc(N(CC)CC)cc2)o1. The highest BCUT2D eigenvalue weighted by atomic mass is 16.6. The van der Waals surface area contributed by atoms with Crippen LogP contribution < -0.4 is 15.1 Å². The van der Waals surface area contributed by atoms with Gasteiger partial charge in [-0.1, -0.05) is 12.1 Å². The van der Waals surface area contributed by atoms with Crippen molar-refractivity contribution in [1.29, 1.82) is 0 Å². The zero-order valence-electron chi connectivity index (χ0n) is 14.2. The Bertz CT molecular complexity index is 675. The van der Waals surface area contributed by atoms with Gasteiger partial charge in [0, 0.05) is 18.8 Å². The molecule has 1 heterocycles. The fraction of sp³-hybridized carbons (Fsp3) is 0.353. The van der Waals surface area contributed by atoms with E-state index in [1.165, 1.54) is 6.20 Å². The molecule has 0 atom stereocenters. The van der Waals surface area contributed by atoms with Crippen LogP contribution >= 0.6 is 0 Å². The minimum atomic E-state index is -0.531. The van der Waals surface area contributed by atoms with Gasteiger partial charge in [-0.2, -0.15) is 5.10 Å². The van der Waals surface area contributed by atoms with E-state index in [4.69, 9.17) is 9.15 Å². The van der Waals surface area contributed by atoms with Crippen LogP contribution in [0.2, 0.25) is 0 Å². The molecule has 0 bridgehead atoms. The predicted molar refractivity (Wildman–Crippen MR) is 92.7 cm³/mol. The number of benzene rings is 1. The number of carbonyl (C=O) groups is 1. The first-order valence-electron chi connectivity index (χ1n) is 7.94. The third kappa shape index (κ3) is 4.58. The summed E-state index contributed by atoms with van der Waals surface area (Å²) in [7, 11) is 0. The topological polar surface area (TPSA) is 80.0 Å². The van der Waals surface area contributed by atoms with E-state index >= 15 is 0 Å². The molecule has 7 nitrogen and oxygen atoms in total. The minimum Gasteiger partial charge on any atom is -0.464 e. The van der Waals surface area contributed by atoms with Gasteiger partial charge in [0.2, 0.25) is 0 Å². The highest BCUT2D eigenvalue weighted by molar-refractivity contribution is 5.90. The molecule has 2 rings (SSSR count). The lowest BCUT2D eigenvalue weighted by molar-refractivity contribution is 0.0912. The molecule has 0 aliphatic rings. The van der Waals surface area contributed by atoms with Gasteiger partial charge in [0.25, 0.3) is 5.89 Å². The van der Waals surface area contributed by atoms with Crippen molar-refractivity contribution in [1.82, 2.24) is 10.4 Å². The van der Waals surface area contributed by atoms with Crippen LogP contribution in [-0.2, 0) is 0 Å². The molecule has 0 aliphatic carbocycles. The van der Waals surface area contributed by atoms with Gasteiger partial charge in [-0.25, -0.2) is 10.4 Å². The van der Waals surface area contributed by atoms with Crippen molar-refractivity contribution in [3.05, 3.63) is 41.9 Å². The lowest BCUT2D eigenvalue weighted by atomic mass is 10.2. The summed E-state index contributed by atoms with van der Waals surface area (Å²) in [5.74, 6) is -0.414. The normalized spacial score (nSPS) is 10.8. The maximum atomic E-state index is 11.8. The molecular weight excluding hydrogens is 308 g/mol. The fourth-order valence-electron chi connectivity index (χ4n) is 2.15. The largest absolute Gasteiger partial charge is 0.464 e. The van der Waals surface area contributed by atoms with E-state index in [2.05, 4.69) is 34.3 Å². The molecule has 0 radical (unpaired) electrons. The monoisotopic (exact) mass is 330 g/mol. The van der Waals surface area contributed by atoms with Crippen molar-refractivity contribution in [2.75, 3.05) is 24.6 Å². The van der Waals surface area contributed by atoms with Crippen LogP contribution in [0.4, 0.5) is 5.69 Å². The van der Waals surface area contributed by atoms with E-state index in [1.54, 1.807) is 6.21 Å². The molecule has 2 aromatic rings. The van der Waals surface area contributed by atoms with Crippen LogP contribution in [0.15, 0.2) is 40.0 Å². The molecule has 1 aromatic heterocycles. The molecule has 0 saturated heterocycles. The maximum absolute atomic E-state index is 11.8. The number of aromatic nitrogens is 1. The zero-order valence-corrected chi connectivity index (χ0v) is 14.2. The smallest absolute Gasteiger partial charge is 0.327 e. The summed E-state index contributed by atoms with van der Waals surface area (Å²) in [5, 5.41) is 3.91. The van der Waals surface area contributed by atoms with Crippen LogP contribution in [0.1, 0.15) is 37.0 Å². The number of rotatable bonds is 8. The number of oxazole rings is 1. The number of ether oxygens (including phenoxy) is 1. The van der Waals surface area contributed by atoms with Crippen LogP contribution in [0.25, 0.3) is 0 Å². The number of hydrogen-bond donors (Lipinski definition) is 1. The Kier molecular flexibility index (Phi) is 6.36. The molecule has 0 spiro atoms. The number of carbonyl (C=O) groups excluding carboxylic acids is 1. The lowest BCUT2D eigenvalue weighted by Gasteiger charge is -2.20. The molecule has 1 aromatic carbocycles. The number of hydrazone groups is 1. The van der Waals surface area contributed by atoms with Crippen LogP contribution in [0.3, 0.4) is 0 Å². The Morgan fingerprint density at radius 2 is 2.00 bits per heavy atom. The van der Waals surface area contributed by atoms with Crippen molar-refractivity contribution in [2.24, 2.45) is 5.10 Å². The van der Waals surface area contributed by atoms with Gasteiger partial charge in [-0.15, -0.1) is 0 Å². The number of anilines is 1. The summed E-state index contributed by atoms with van der Waals surface area (Å²) in [4.78, 5) is 17.9. The summed E-state index contributed by atoms with van der Waals surface area (Å²) in [6, 6.07) is 7.94. The highest BCUT2D eigenvalue weighted by Gasteiger charge is 2.12. The van der Waals surface area contributed by atoms with Gasteiger partial charge in [-0.3, -0.25) is 4.79 Å². The molecule has 0 aliphatic heterocycles. The molecule has 0 fully saturated rings. The molecule has 1 amide bonds. The number of amides is 1. The van der Waals surface area contributed by atoms with E-state index < -0.39 is 5.91 Å². The summed E-state index contributed by atoms with van der Waals surface area (Å²) >= 11 is 0. The number of nitrogens with zero attached hydrogens (tertiary/aromatic N) is 3. The standard InChI is InChI=1S/C17H22N4O3/c1-4-21(5-2)14-9-7-13(8-10-14)11-19-20-16(22)17-18-12-15(24-17)23-6-3/h7-12H,4-6H2,1-3H3,(H,20,22). The van der Waals surface area contributed by atoms with E-state index in [-0.39, 0.29) is 11.8 Å². The molecule has 7 heteroatoms. The van der Waals surface area contributed by atoms with Crippen LogP contribution in [-0.4, -0.2) is 36.8 Å². The minimum absolute atomic E-state index is 0.0903. The summed E-state index contributed by atoms with van der Waals surface area (Å²) in [6.07, 6.45) is 2.92. The average molecular weight is 330 g/mol. The second kappa shape index (κ2) is 8.71. The predicted octanol–water partition coefficient (Wildman–Crippen LogP) is 2.68. The van der Waals surface area contributed by atoms with Crippen molar-refractivity contribution in [3.63, 3.8) is 0 Å². The van der Waals surface area contributed by atoms with Gasteiger partial charge < -0.3 is 14.1 Å². The second-order valence-corrected chi connectivity index (χ2v) is 4.88. The Hall–Kier alpha value is -2.83. The number of nitrogens with one attached hydrogen (secondary N) is 1. The van der Waals surface area contributed by atoms with E-state index in [1.807, 2.05) is 31.2 Å². The summed E-state index contributed by atoms with van der Waals surface area (Å²) < 4.78 is 10.2. The molecule has 1 N–H and O–H groups in total. The third-order valence-corrected chi connectivity index (χ3v) is 3.37. The Labute approximate surface area is 141 Å². The van der Waals surface area contributed by atoms with Crippen molar-refractivity contribution in [2.45, 2.75) is 20.8 Å². The fourth-order valence-corrected chi connectivity index (χ4v) is 2.15. The van der Waals surface area contributed by atoms with Gasteiger partial charge >= 0.3 is 11.9 Å². The van der Waals surface area contributed by atoms with Crippen LogP contribution in [0, 0.1) is 0 Å². The first kappa shape index (κ1) is 17.5. The van der Waals surface area contributed by atoms with Gasteiger partial charge in [0.15, 0.2) is 0 Å². The van der Waals surface area contributed by atoms with Crippen LogP contribution in [0.5, 0.6) is 5.95 Å². The first-order chi connectivity index (χ1) is 11.7. The summed E-state index contributed by atoms with van der Waals surface area (Å²) in [5.41, 5.74) is 4.41. The quantitative estimate of drug-likeness (QED) is 0.594. The average Bonchev–Trinajstić information content (AvgIpc) is 3.06. The Morgan fingerprint density at radius 3 is 2.62 bits per heavy atom. The molecular formula is C17H22N4O3. The Morgan fingerprint density at radius 1 is 1.29 bits per heavy atom. The first-order valence-corrected chi connectivity index (χ1v) is 7.94.